The topological polar surface area (TPSA) is 52.0 Å². The van der Waals surface area contributed by atoms with E-state index in [4.69, 9.17) is 11.6 Å². The third-order valence-corrected chi connectivity index (χ3v) is 2.94. The monoisotopic (exact) mass is 262 g/mol. The zero-order valence-electron chi connectivity index (χ0n) is 9.98. The number of hydrogen-bond acceptors (Lipinski definition) is 3. The first kappa shape index (κ1) is 12.5. The molecule has 0 bridgehead atoms. The lowest BCUT2D eigenvalue weighted by Crippen LogP contribution is -2.23. The van der Waals surface area contributed by atoms with Crippen molar-refractivity contribution < 1.29 is 4.79 Å². The zero-order chi connectivity index (χ0) is 13.3. The molecule has 0 atom stereocenters. The molecule has 18 heavy (non-hydrogen) atoms. The van der Waals surface area contributed by atoms with E-state index >= 15 is 0 Å². The van der Waals surface area contributed by atoms with Gasteiger partial charge in [0.15, 0.2) is 5.78 Å². The molecule has 0 N–H and O–H groups in total. The molecule has 2 aromatic rings. The van der Waals surface area contributed by atoms with E-state index in [0.29, 0.717) is 5.69 Å². The van der Waals surface area contributed by atoms with Gasteiger partial charge in [0.05, 0.1) is 5.56 Å². The lowest BCUT2D eigenvalue weighted by atomic mass is 10.0. The zero-order valence-corrected chi connectivity index (χ0v) is 10.7. The summed E-state index contributed by atoms with van der Waals surface area (Å²) in [5.41, 5.74) is 0.878. The maximum atomic E-state index is 11.7. The highest BCUT2D eigenvalue weighted by molar-refractivity contribution is 6.34. The van der Waals surface area contributed by atoms with Crippen LogP contribution in [0, 0.1) is 0 Å². The average Bonchev–Trinajstić information content (AvgIpc) is 2.36. The number of benzene rings is 1. The van der Waals surface area contributed by atoms with Crippen LogP contribution in [0.15, 0.2) is 35.1 Å². The lowest BCUT2D eigenvalue weighted by Gasteiger charge is -2.09. The summed E-state index contributed by atoms with van der Waals surface area (Å²) in [5.74, 6) is -0.274. The number of halogens is 1. The van der Waals surface area contributed by atoms with Crippen molar-refractivity contribution in [2.24, 2.45) is 7.05 Å². The largest absolute Gasteiger partial charge is 0.294 e. The van der Waals surface area contributed by atoms with Crippen LogP contribution < -0.4 is 5.56 Å². The van der Waals surface area contributed by atoms with Gasteiger partial charge >= 0.3 is 0 Å². The summed E-state index contributed by atoms with van der Waals surface area (Å²) >= 11 is 5.95. The third kappa shape index (κ3) is 2.07. The van der Waals surface area contributed by atoms with E-state index in [9.17, 15) is 9.59 Å². The second kappa shape index (κ2) is 4.74. The van der Waals surface area contributed by atoms with E-state index in [1.165, 1.54) is 14.0 Å². The van der Waals surface area contributed by atoms with Crippen molar-refractivity contribution in [2.75, 3.05) is 0 Å². The van der Waals surface area contributed by atoms with Gasteiger partial charge in [-0.1, -0.05) is 41.9 Å². The van der Waals surface area contributed by atoms with Crippen molar-refractivity contribution >= 4 is 17.4 Å². The van der Waals surface area contributed by atoms with Crippen LogP contribution in [0.1, 0.15) is 17.3 Å². The van der Waals surface area contributed by atoms with Gasteiger partial charge in [0.25, 0.3) is 5.56 Å². The van der Waals surface area contributed by atoms with Gasteiger partial charge in [0, 0.05) is 12.6 Å². The normalized spacial score (nSPS) is 10.4. The molecule has 2 rings (SSSR count). The van der Waals surface area contributed by atoms with Crippen molar-refractivity contribution in [1.82, 2.24) is 9.78 Å². The molecule has 0 aliphatic rings. The highest BCUT2D eigenvalue weighted by Crippen LogP contribution is 2.24. The van der Waals surface area contributed by atoms with Gasteiger partial charge in [-0.05, 0) is 6.92 Å². The summed E-state index contributed by atoms with van der Waals surface area (Å²) in [5, 5.41) is 4.04. The molecule has 0 saturated heterocycles. The third-order valence-electron chi connectivity index (χ3n) is 2.59. The number of aromatic nitrogens is 2. The molecule has 0 unspecified atom stereocenters. The van der Waals surface area contributed by atoms with Gasteiger partial charge in [0.1, 0.15) is 10.7 Å². The molecule has 1 aromatic heterocycles. The van der Waals surface area contributed by atoms with Crippen LogP contribution in [0.2, 0.25) is 5.02 Å². The molecule has 4 nitrogen and oxygen atoms in total. The van der Waals surface area contributed by atoms with Crippen molar-refractivity contribution in [2.45, 2.75) is 6.92 Å². The fourth-order valence-corrected chi connectivity index (χ4v) is 2.06. The Morgan fingerprint density at radius 3 is 2.44 bits per heavy atom. The Hall–Kier alpha value is -1.94. The fraction of sp³-hybridized carbons (Fsp3) is 0.154. The van der Waals surface area contributed by atoms with Gasteiger partial charge in [0.2, 0.25) is 0 Å². The van der Waals surface area contributed by atoms with Crippen LogP contribution in [0.25, 0.3) is 11.3 Å². The first-order valence-corrected chi connectivity index (χ1v) is 5.73. The number of hydrogen-bond donors (Lipinski definition) is 0. The molecule has 0 aliphatic carbocycles. The molecule has 1 aromatic carbocycles. The van der Waals surface area contributed by atoms with Crippen molar-refractivity contribution in [3.63, 3.8) is 0 Å². The SMILES string of the molecule is CC(=O)c1c(-c2ccccc2)nn(C)c(=O)c1Cl. The number of ketones is 1. The summed E-state index contributed by atoms with van der Waals surface area (Å²) in [7, 11) is 1.50. The van der Waals surface area contributed by atoms with E-state index < -0.39 is 5.56 Å². The predicted octanol–water partition coefficient (Wildman–Crippen LogP) is 2.30. The Bertz CT molecular complexity index is 663. The Kier molecular flexibility index (Phi) is 3.30. The van der Waals surface area contributed by atoms with Crippen LogP contribution >= 0.6 is 11.6 Å². The van der Waals surface area contributed by atoms with E-state index in [0.717, 1.165) is 10.2 Å². The number of Topliss-reactive ketones (excluding diaryl/α,β-unsaturated/α-hetero) is 1. The van der Waals surface area contributed by atoms with E-state index in [1.807, 2.05) is 30.3 Å². The number of carbonyl (C=O) groups is 1. The summed E-state index contributed by atoms with van der Waals surface area (Å²) in [6, 6.07) is 9.16. The Morgan fingerprint density at radius 2 is 1.89 bits per heavy atom. The van der Waals surface area contributed by atoms with Crippen LogP contribution in [0.3, 0.4) is 0 Å². The molecule has 0 saturated carbocycles. The Morgan fingerprint density at radius 1 is 1.28 bits per heavy atom. The van der Waals surface area contributed by atoms with Crippen molar-refractivity contribution in [1.29, 1.82) is 0 Å². The molecule has 5 heteroatoms. The highest BCUT2D eigenvalue weighted by atomic mass is 35.5. The van der Waals surface area contributed by atoms with Crippen molar-refractivity contribution in [3.8, 4) is 11.3 Å². The second-order valence-electron chi connectivity index (χ2n) is 3.89. The predicted molar refractivity (Wildman–Crippen MR) is 69.9 cm³/mol. The Labute approximate surface area is 109 Å². The number of rotatable bonds is 2. The summed E-state index contributed by atoms with van der Waals surface area (Å²) in [4.78, 5) is 23.3. The minimum Gasteiger partial charge on any atom is -0.294 e. The molecule has 0 fully saturated rings. The quantitative estimate of drug-likeness (QED) is 0.781. The molecular formula is C13H11ClN2O2. The van der Waals surface area contributed by atoms with Gasteiger partial charge in [-0.3, -0.25) is 9.59 Å². The smallest absolute Gasteiger partial charge is 0.286 e. The fourth-order valence-electron chi connectivity index (χ4n) is 1.72. The maximum Gasteiger partial charge on any atom is 0.286 e. The Balaban J connectivity index is 2.83. The highest BCUT2D eigenvalue weighted by Gasteiger charge is 2.19. The minimum atomic E-state index is -0.471. The van der Waals surface area contributed by atoms with Gasteiger partial charge < -0.3 is 0 Å². The lowest BCUT2D eigenvalue weighted by molar-refractivity contribution is 0.101. The second-order valence-corrected chi connectivity index (χ2v) is 4.27. The van der Waals surface area contributed by atoms with Crippen LogP contribution in [-0.2, 0) is 7.05 Å². The molecule has 0 aliphatic heterocycles. The number of nitrogens with zero attached hydrogens (tertiary/aromatic N) is 2. The molecule has 92 valence electrons. The summed E-state index contributed by atoms with van der Waals surface area (Å²) < 4.78 is 1.14. The van der Waals surface area contributed by atoms with E-state index in [1.54, 1.807) is 0 Å². The first-order valence-electron chi connectivity index (χ1n) is 5.35. The molecular weight excluding hydrogens is 252 g/mol. The minimum absolute atomic E-state index is 0.0844. The number of aryl methyl sites for hydroxylation is 1. The maximum absolute atomic E-state index is 11.7. The van der Waals surface area contributed by atoms with Gasteiger partial charge in [-0.15, -0.1) is 0 Å². The molecule has 0 spiro atoms. The molecule has 0 radical (unpaired) electrons. The first-order chi connectivity index (χ1) is 8.52. The van der Waals surface area contributed by atoms with Gasteiger partial charge in [-0.25, -0.2) is 4.68 Å². The van der Waals surface area contributed by atoms with Crippen molar-refractivity contribution in [3.05, 3.63) is 51.3 Å². The standard InChI is InChI=1S/C13H11ClN2O2/c1-8(17)10-11(14)13(18)16(2)15-12(10)9-6-4-3-5-7-9/h3-7H,1-2H3. The summed E-state index contributed by atoms with van der Waals surface area (Å²) in [6.45, 7) is 1.37. The molecule has 1 heterocycles. The summed E-state index contributed by atoms with van der Waals surface area (Å²) in [6.07, 6.45) is 0. The van der Waals surface area contributed by atoms with E-state index in [-0.39, 0.29) is 16.4 Å². The average molecular weight is 263 g/mol. The van der Waals surface area contributed by atoms with Gasteiger partial charge in [-0.2, -0.15) is 5.10 Å². The number of carbonyl (C=O) groups excluding carboxylic acids is 1. The van der Waals surface area contributed by atoms with E-state index in [2.05, 4.69) is 5.10 Å². The van der Waals surface area contributed by atoms with Crippen LogP contribution in [0.5, 0.6) is 0 Å². The van der Waals surface area contributed by atoms with Crippen LogP contribution in [-0.4, -0.2) is 15.6 Å². The molecule has 0 amide bonds. The van der Waals surface area contributed by atoms with Crippen LogP contribution in [0.4, 0.5) is 0 Å².